The number of unbranched alkanes of at least 4 members (excludes halogenated alkanes) is 3. The predicted octanol–water partition coefficient (Wildman–Crippen LogP) is 9.30. The van der Waals surface area contributed by atoms with Crippen LogP contribution in [0, 0.1) is 11.3 Å². The van der Waals surface area contributed by atoms with Crippen molar-refractivity contribution >= 4 is 35.0 Å². The maximum Gasteiger partial charge on any atom is 0.185 e. The van der Waals surface area contributed by atoms with Crippen LogP contribution in [0.1, 0.15) is 54.1 Å². The average Bonchev–Trinajstić information content (AvgIpc) is 2.97. The van der Waals surface area contributed by atoms with Gasteiger partial charge in [-0.05, 0) is 65.6 Å². The average molecular weight is 515 g/mol. The highest BCUT2D eigenvalue weighted by atomic mass is 32.2. The van der Waals surface area contributed by atoms with Crippen molar-refractivity contribution in [3.8, 4) is 17.2 Å². The van der Waals surface area contributed by atoms with Crippen LogP contribution in [0.4, 0.5) is 11.4 Å². The molecular weight excluding hydrogens is 484 g/mol. The number of para-hydroxylation sites is 1. The molecule has 0 saturated heterocycles. The van der Waals surface area contributed by atoms with Crippen molar-refractivity contribution in [3.63, 3.8) is 0 Å². The van der Waals surface area contributed by atoms with E-state index in [1.165, 1.54) is 46.8 Å². The number of carbonyl (C=O) groups excluding carboxylic acids is 1. The van der Waals surface area contributed by atoms with Gasteiger partial charge < -0.3 is 4.90 Å². The molecule has 38 heavy (non-hydrogen) atoms. The van der Waals surface area contributed by atoms with Crippen LogP contribution in [0.3, 0.4) is 0 Å². The fourth-order valence-electron chi connectivity index (χ4n) is 4.71. The fourth-order valence-corrected chi connectivity index (χ4v) is 5.85. The van der Waals surface area contributed by atoms with E-state index >= 15 is 0 Å². The molecule has 4 aromatic rings. The maximum atomic E-state index is 12.7. The lowest BCUT2D eigenvalue weighted by atomic mass is 10.0. The third-order valence-electron chi connectivity index (χ3n) is 6.83. The van der Waals surface area contributed by atoms with Gasteiger partial charge in [0, 0.05) is 21.9 Å². The van der Waals surface area contributed by atoms with Crippen LogP contribution in [0.25, 0.3) is 17.2 Å². The van der Waals surface area contributed by atoms with Gasteiger partial charge in [0.05, 0.1) is 23.0 Å². The molecule has 0 saturated carbocycles. The topological polar surface area (TPSA) is 44.1 Å². The second-order valence-electron chi connectivity index (χ2n) is 9.47. The van der Waals surface area contributed by atoms with Crippen molar-refractivity contribution < 1.29 is 4.79 Å². The molecule has 5 rings (SSSR count). The highest BCUT2D eigenvalue weighted by molar-refractivity contribution is 7.99. The Morgan fingerprint density at radius 3 is 2.34 bits per heavy atom. The van der Waals surface area contributed by atoms with Gasteiger partial charge in [-0.25, -0.2) is 0 Å². The molecule has 0 amide bonds. The van der Waals surface area contributed by atoms with E-state index in [1.54, 1.807) is 24.3 Å². The third-order valence-corrected chi connectivity index (χ3v) is 7.94. The van der Waals surface area contributed by atoms with Gasteiger partial charge in [-0.15, -0.1) is 0 Å². The van der Waals surface area contributed by atoms with Gasteiger partial charge in [-0.3, -0.25) is 4.79 Å². The summed E-state index contributed by atoms with van der Waals surface area (Å²) in [5.74, 6) is -0.0442. The van der Waals surface area contributed by atoms with Crippen molar-refractivity contribution in [1.29, 1.82) is 5.26 Å². The Hall–Kier alpha value is -4.07. The zero-order valence-corrected chi connectivity index (χ0v) is 22.4. The first-order valence-electron chi connectivity index (χ1n) is 13.2. The molecule has 4 heteroatoms. The number of allylic oxidation sites excluding steroid dienone is 1. The number of rotatable bonds is 9. The van der Waals surface area contributed by atoms with E-state index in [0.29, 0.717) is 11.1 Å². The van der Waals surface area contributed by atoms with Crippen LogP contribution in [0.5, 0.6) is 0 Å². The minimum absolute atomic E-state index is 0.0442. The summed E-state index contributed by atoms with van der Waals surface area (Å²) in [7, 11) is 0. The predicted molar refractivity (Wildman–Crippen MR) is 158 cm³/mol. The number of nitrogens with zero attached hydrogens (tertiary/aromatic N) is 2. The highest BCUT2D eigenvalue weighted by Gasteiger charge is 2.23. The Bertz CT molecular complexity index is 1500. The van der Waals surface area contributed by atoms with Crippen LogP contribution >= 0.6 is 11.8 Å². The van der Waals surface area contributed by atoms with Crippen molar-refractivity contribution in [2.24, 2.45) is 0 Å². The molecule has 188 valence electrons. The number of nitriles is 1. The second kappa shape index (κ2) is 12.0. The van der Waals surface area contributed by atoms with Crippen LogP contribution < -0.4 is 4.90 Å². The third kappa shape index (κ3) is 5.74. The minimum atomic E-state index is -0.0442. The van der Waals surface area contributed by atoms with Crippen LogP contribution in [-0.4, -0.2) is 12.3 Å². The van der Waals surface area contributed by atoms with Gasteiger partial charge in [0.25, 0.3) is 0 Å². The minimum Gasteiger partial charge on any atom is -0.340 e. The molecule has 0 radical (unpaired) electrons. The number of benzene rings is 4. The molecule has 0 N–H and O–H groups in total. The largest absolute Gasteiger partial charge is 0.340 e. The van der Waals surface area contributed by atoms with E-state index in [-0.39, 0.29) is 5.78 Å². The molecular formula is C34H30N2OS. The first kappa shape index (κ1) is 25.6. The van der Waals surface area contributed by atoms with Crippen LogP contribution in [0.15, 0.2) is 107 Å². The molecule has 1 heterocycles. The first-order valence-corrected chi connectivity index (χ1v) is 14.0. The normalized spacial score (nSPS) is 12.2. The van der Waals surface area contributed by atoms with E-state index in [1.807, 2.05) is 48.2 Å². The molecule has 1 aliphatic rings. The Labute approximate surface area is 229 Å². The summed E-state index contributed by atoms with van der Waals surface area (Å²) in [4.78, 5) is 17.7. The smallest absolute Gasteiger partial charge is 0.185 e. The van der Waals surface area contributed by atoms with E-state index in [4.69, 9.17) is 5.26 Å². The number of hydrogen-bond donors (Lipinski definition) is 0. The van der Waals surface area contributed by atoms with Crippen molar-refractivity contribution in [2.75, 3.05) is 11.4 Å². The number of hydrogen-bond acceptors (Lipinski definition) is 4. The highest BCUT2D eigenvalue weighted by Crippen LogP contribution is 2.49. The fraction of sp³-hybridized carbons (Fsp3) is 0.176. The molecule has 1 aliphatic heterocycles. The summed E-state index contributed by atoms with van der Waals surface area (Å²) in [6.07, 6.45) is 8.32. The van der Waals surface area contributed by atoms with E-state index < -0.39 is 0 Å². The summed E-state index contributed by atoms with van der Waals surface area (Å²) in [6, 6.07) is 32.5. The Morgan fingerprint density at radius 1 is 0.842 bits per heavy atom. The molecule has 0 aliphatic carbocycles. The standard InChI is InChI=1S/C34H30N2OS/c1-2-3-4-7-22-36-30-8-5-6-9-33(30)38-34-23-29(19-20-31(34)36)27-15-17-28(18-16-27)32(37)21-14-25-10-12-26(24-35)13-11-25/h5-6,8-21,23H,2-4,7,22H2,1H3. The Balaban J connectivity index is 1.33. The quantitative estimate of drug-likeness (QED) is 0.127. The summed E-state index contributed by atoms with van der Waals surface area (Å²) >= 11 is 1.83. The molecule has 0 aromatic heterocycles. The summed E-state index contributed by atoms with van der Waals surface area (Å²) < 4.78 is 0. The number of ketones is 1. The van der Waals surface area contributed by atoms with E-state index in [9.17, 15) is 4.79 Å². The van der Waals surface area contributed by atoms with Gasteiger partial charge in [0.15, 0.2) is 5.78 Å². The molecule has 0 unspecified atom stereocenters. The van der Waals surface area contributed by atoms with Gasteiger partial charge in [0.2, 0.25) is 0 Å². The van der Waals surface area contributed by atoms with Gasteiger partial charge in [0.1, 0.15) is 0 Å². The number of fused-ring (bicyclic) bond motifs is 2. The van der Waals surface area contributed by atoms with Gasteiger partial charge >= 0.3 is 0 Å². The van der Waals surface area contributed by atoms with Crippen molar-refractivity contribution in [2.45, 2.75) is 42.4 Å². The molecule has 4 aromatic carbocycles. The zero-order valence-electron chi connectivity index (χ0n) is 21.6. The molecule has 0 bridgehead atoms. The molecule has 0 atom stereocenters. The van der Waals surface area contributed by atoms with Crippen molar-refractivity contribution in [1.82, 2.24) is 0 Å². The number of anilines is 2. The second-order valence-corrected chi connectivity index (χ2v) is 10.6. The van der Waals surface area contributed by atoms with Crippen LogP contribution in [-0.2, 0) is 0 Å². The first-order chi connectivity index (χ1) is 18.7. The van der Waals surface area contributed by atoms with E-state index in [2.05, 4.69) is 60.4 Å². The van der Waals surface area contributed by atoms with Crippen LogP contribution in [0.2, 0.25) is 0 Å². The summed E-state index contributed by atoms with van der Waals surface area (Å²) in [5.41, 5.74) is 6.95. The van der Waals surface area contributed by atoms with Gasteiger partial charge in [-0.1, -0.05) is 98.6 Å². The maximum absolute atomic E-state index is 12.7. The Morgan fingerprint density at radius 2 is 1.58 bits per heavy atom. The SMILES string of the molecule is CCCCCCN1c2ccccc2Sc2cc(-c3ccc(C(=O)C=Cc4ccc(C#N)cc4)cc3)ccc21. The zero-order chi connectivity index (χ0) is 26.3. The monoisotopic (exact) mass is 514 g/mol. The molecule has 3 nitrogen and oxygen atoms in total. The molecule has 0 fully saturated rings. The van der Waals surface area contributed by atoms with Crippen molar-refractivity contribution in [3.05, 3.63) is 114 Å². The lowest BCUT2D eigenvalue weighted by molar-refractivity contribution is 0.104. The lowest BCUT2D eigenvalue weighted by Crippen LogP contribution is -2.21. The number of carbonyl (C=O) groups is 1. The lowest BCUT2D eigenvalue weighted by Gasteiger charge is -2.33. The summed E-state index contributed by atoms with van der Waals surface area (Å²) in [6.45, 7) is 3.27. The Kier molecular flexibility index (Phi) is 8.06. The van der Waals surface area contributed by atoms with E-state index in [0.717, 1.165) is 23.2 Å². The molecule has 0 spiro atoms. The van der Waals surface area contributed by atoms with Gasteiger partial charge in [-0.2, -0.15) is 5.26 Å². The summed E-state index contributed by atoms with van der Waals surface area (Å²) in [5, 5.41) is 8.93.